The van der Waals surface area contributed by atoms with Crippen LogP contribution in [0.25, 0.3) is 17.4 Å². The number of allylic oxidation sites excluding steroid dienone is 1. The van der Waals surface area contributed by atoms with Crippen LogP contribution in [0.15, 0.2) is 58.3 Å². The van der Waals surface area contributed by atoms with Crippen LogP contribution in [0.5, 0.6) is 0 Å². The monoisotopic (exact) mass is 348 g/mol. The van der Waals surface area contributed by atoms with Crippen LogP contribution in [0.2, 0.25) is 10.0 Å². The predicted octanol–water partition coefficient (Wildman–Crippen LogP) is 6.21. The second kappa shape index (κ2) is 6.53. The summed E-state index contributed by atoms with van der Waals surface area (Å²) < 4.78 is 5.69. The fourth-order valence-corrected chi connectivity index (χ4v) is 2.96. The van der Waals surface area contributed by atoms with Crippen molar-refractivity contribution >= 4 is 46.4 Å². The maximum absolute atomic E-state index is 11.9. The number of hydrogen-bond acceptors (Lipinski definition) is 3. The Morgan fingerprint density at radius 2 is 2.00 bits per heavy atom. The Kier molecular flexibility index (Phi) is 4.48. The molecule has 0 saturated heterocycles. The Hall–Kier alpha value is -1.81. The number of carbonyl (C=O) groups excluding carboxylic acids is 1. The first-order chi connectivity index (χ1) is 10.6. The van der Waals surface area contributed by atoms with Gasteiger partial charge in [-0.2, -0.15) is 0 Å². The van der Waals surface area contributed by atoms with Gasteiger partial charge in [0.1, 0.15) is 11.5 Å². The van der Waals surface area contributed by atoms with Crippen LogP contribution in [0.1, 0.15) is 15.4 Å². The normalized spacial score (nSPS) is 11.2. The Morgan fingerprint density at radius 1 is 1.14 bits per heavy atom. The van der Waals surface area contributed by atoms with E-state index >= 15 is 0 Å². The Balaban J connectivity index is 1.82. The van der Waals surface area contributed by atoms with Crippen molar-refractivity contribution in [2.75, 3.05) is 0 Å². The zero-order chi connectivity index (χ0) is 15.5. The van der Waals surface area contributed by atoms with Crippen LogP contribution in [0, 0.1) is 0 Å². The van der Waals surface area contributed by atoms with E-state index in [1.165, 1.54) is 17.4 Å². The molecule has 0 radical (unpaired) electrons. The van der Waals surface area contributed by atoms with E-state index in [9.17, 15) is 4.79 Å². The Bertz CT molecular complexity index is 832. The van der Waals surface area contributed by atoms with Gasteiger partial charge < -0.3 is 4.42 Å². The van der Waals surface area contributed by atoms with E-state index < -0.39 is 0 Å². The van der Waals surface area contributed by atoms with Gasteiger partial charge in [0.05, 0.1) is 9.90 Å². The predicted molar refractivity (Wildman–Crippen MR) is 91.8 cm³/mol. The summed E-state index contributed by atoms with van der Waals surface area (Å²) in [5.41, 5.74) is 0.721. The van der Waals surface area contributed by atoms with Gasteiger partial charge in [0, 0.05) is 10.6 Å². The Morgan fingerprint density at radius 3 is 2.77 bits per heavy atom. The molecule has 0 N–H and O–H groups in total. The van der Waals surface area contributed by atoms with Crippen molar-refractivity contribution in [1.82, 2.24) is 0 Å². The summed E-state index contributed by atoms with van der Waals surface area (Å²) in [6, 6.07) is 12.4. The first-order valence-electron chi connectivity index (χ1n) is 6.44. The van der Waals surface area contributed by atoms with E-state index in [0.717, 1.165) is 5.56 Å². The lowest BCUT2D eigenvalue weighted by Crippen LogP contribution is -1.88. The molecule has 110 valence electrons. The lowest BCUT2D eigenvalue weighted by molar-refractivity contribution is 0.105. The van der Waals surface area contributed by atoms with E-state index in [-0.39, 0.29) is 5.78 Å². The molecule has 0 aliphatic carbocycles. The van der Waals surface area contributed by atoms with Crippen LogP contribution < -0.4 is 0 Å². The quantitative estimate of drug-likeness (QED) is 0.414. The number of ketones is 1. The molecular weight excluding hydrogens is 339 g/mol. The summed E-state index contributed by atoms with van der Waals surface area (Å²) >= 11 is 13.5. The second-order valence-corrected chi connectivity index (χ2v) is 6.29. The highest BCUT2D eigenvalue weighted by Crippen LogP contribution is 2.32. The van der Waals surface area contributed by atoms with Gasteiger partial charge in [0.15, 0.2) is 5.78 Å². The zero-order valence-corrected chi connectivity index (χ0v) is 13.6. The molecule has 22 heavy (non-hydrogen) atoms. The van der Waals surface area contributed by atoms with E-state index in [4.69, 9.17) is 27.6 Å². The van der Waals surface area contributed by atoms with Crippen molar-refractivity contribution in [1.29, 1.82) is 0 Å². The van der Waals surface area contributed by atoms with E-state index in [1.54, 1.807) is 42.5 Å². The van der Waals surface area contributed by atoms with Gasteiger partial charge in [-0.1, -0.05) is 29.3 Å². The van der Waals surface area contributed by atoms with E-state index in [1.807, 2.05) is 11.4 Å². The molecule has 0 bridgehead atoms. The highest BCUT2D eigenvalue weighted by molar-refractivity contribution is 7.12. The molecule has 1 aromatic carbocycles. The number of benzene rings is 1. The van der Waals surface area contributed by atoms with Crippen LogP contribution in [-0.4, -0.2) is 5.78 Å². The summed E-state index contributed by atoms with van der Waals surface area (Å²) in [7, 11) is 0. The minimum atomic E-state index is -0.0475. The molecule has 5 heteroatoms. The highest BCUT2D eigenvalue weighted by Gasteiger charge is 2.09. The van der Waals surface area contributed by atoms with Crippen molar-refractivity contribution in [2.45, 2.75) is 0 Å². The van der Waals surface area contributed by atoms with Crippen molar-refractivity contribution < 1.29 is 9.21 Å². The molecule has 2 aromatic heterocycles. The van der Waals surface area contributed by atoms with Gasteiger partial charge in [-0.3, -0.25) is 4.79 Å². The summed E-state index contributed by atoms with van der Waals surface area (Å²) in [5, 5.41) is 3.01. The lowest BCUT2D eigenvalue weighted by Gasteiger charge is -2.00. The van der Waals surface area contributed by atoms with Crippen LogP contribution >= 0.6 is 34.5 Å². The lowest BCUT2D eigenvalue weighted by atomic mass is 10.2. The highest BCUT2D eigenvalue weighted by atomic mass is 35.5. The van der Waals surface area contributed by atoms with Gasteiger partial charge in [0.25, 0.3) is 0 Å². The molecule has 0 aliphatic heterocycles. The smallest absolute Gasteiger partial charge is 0.195 e. The number of carbonyl (C=O) groups is 1. The van der Waals surface area contributed by atoms with Gasteiger partial charge in [-0.05, 0) is 53.9 Å². The minimum Gasteiger partial charge on any atom is -0.457 e. The molecule has 2 heterocycles. The average Bonchev–Trinajstić information content (AvgIpc) is 3.18. The molecule has 3 rings (SSSR count). The minimum absolute atomic E-state index is 0.0475. The number of rotatable bonds is 4. The summed E-state index contributed by atoms with van der Waals surface area (Å²) in [6.45, 7) is 0. The molecule has 0 unspecified atom stereocenters. The molecule has 3 aromatic rings. The van der Waals surface area contributed by atoms with Gasteiger partial charge in [-0.15, -0.1) is 11.3 Å². The molecule has 0 aliphatic rings. The van der Waals surface area contributed by atoms with Crippen LogP contribution in [0.4, 0.5) is 0 Å². The number of furan rings is 1. The van der Waals surface area contributed by atoms with Crippen molar-refractivity contribution in [3.8, 4) is 11.3 Å². The topological polar surface area (TPSA) is 30.2 Å². The number of thiophene rings is 1. The fourth-order valence-electron chi connectivity index (χ4n) is 1.93. The van der Waals surface area contributed by atoms with Crippen molar-refractivity contribution in [3.63, 3.8) is 0 Å². The maximum Gasteiger partial charge on any atom is 0.195 e. The fraction of sp³-hybridized carbons (Fsp3) is 0. The second-order valence-electron chi connectivity index (χ2n) is 4.50. The maximum atomic E-state index is 11.9. The third-order valence-electron chi connectivity index (χ3n) is 2.98. The van der Waals surface area contributed by atoms with Crippen molar-refractivity contribution in [3.05, 3.63) is 74.6 Å². The molecule has 2 nitrogen and oxygen atoms in total. The van der Waals surface area contributed by atoms with Crippen LogP contribution in [-0.2, 0) is 0 Å². The molecular formula is C17H10Cl2O2S. The summed E-state index contributed by atoms with van der Waals surface area (Å²) in [5.74, 6) is 1.14. The van der Waals surface area contributed by atoms with Gasteiger partial charge in [0.2, 0.25) is 0 Å². The van der Waals surface area contributed by atoms with E-state index in [0.29, 0.717) is 26.4 Å². The average molecular weight is 349 g/mol. The van der Waals surface area contributed by atoms with Crippen LogP contribution in [0.3, 0.4) is 0 Å². The first-order valence-corrected chi connectivity index (χ1v) is 8.08. The summed E-state index contributed by atoms with van der Waals surface area (Å²) in [6.07, 6.45) is 3.14. The Labute approximate surface area is 141 Å². The third kappa shape index (κ3) is 3.33. The number of hydrogen-bond donors (Lipinski definition) is 0. The molecule has 0 spiro atoms. The first kappa shape index (κ1) is 15.1. The number of halogens is 2. The van der Waals surface area contributed by atoms with E-state index in [2.05, 4.69) is 0 Å². The van der Waals surface area contributed by atoms with Gasteiger partial charge >= 0.3 is 0 Å². The zero-order valence-electron chi connectivity index (χ0n) is 11.3. The molecule has 0 saturated carbocycles. The third-order valence-corrected chi connectivity index (χ3v) is 4.43. The van der Waals surface area contributed by atoms with Crippen molar-refractivity contribution in [2.24, 2.45) is 0 Å². The molecule has 0 fully saturated rings. The SMILES string of the molecule is O=C(/C=C/c1ccc(-c2cc(Cl)ccc2Cl)o1)c1cccs1. The van der Waals surface area contributed by atoms with Gasteiger partial charge in [-0.25, -0.2) is 0 Å². The standard InChI is InChI=1S/C17H10Cl2O2S/c18-11-3-6-14(19)13(10-11)16-8-5-12(21-16)4-7-15(20)17-2-1-9-22-17/h1-10H/b7-4+. The largest absolute Gasteiger partial charge is 0.457 e. The molecule has 0 amide bonds. The molecule has 0 atom stereocenters. The summed E-state index contributed by atoms with van der Waals surface area (Å²) in [4.78, 5) is 12.6.